The molecule has 0 aliphatic rings. The molecule has 0 fully saturated rings. The number of rotatable bonds is 5. The van der Waals surface area contributed by atoms with E-state index in [0.29, 0.717) is 22.6 Å². The first-order valence-corrected chi connectivity index (χ1v) is 7.71. The number of aliphatic hydroxyl groups is 1. The van der Waals surface area contributed by atoms with Crippen LogP contribution in [0.5, 0.6) is 5.75 Å². The van der Waals surface area contributed by atoms with Crippen LogP contribution in [0.1, 0.15) is 30.9 Å². The van der Waals surface area contributed by atoms with Crippen LogP contribution in [-0.2, 0) is 0 Å². The van der Waals surface area contributed by atoms with Gasteiger partial charge in [-0.3, -0.25) is 0 Å². The number of halogens is 2. The van der Waals surface area contributed by atoms with Crippen LogP contribution in [0.2, 0.25) is 0 Å². The molecule has 0 saturated carbocycles. The summed E-state index contributed by atoms with van der Waals surface area (Å²) < 4.78 is 36.6. The number of nitrogens with zero attached hydrogens (tertiary/aromatic N) is 1. The normalized spacial score (nSPS) is 12.4. The quantitative estimate of drug-likeness (QED) is 0.706. The molecule has 3 aromatic rings. The number of hydrogen-bond acceptors (Lipinski definition) is 4. The van der Waals surface area contributed by atoms with Crippen molar-refractivity contribution in [1.29, 1.82) is 0 Å². The summed E-state index contributed by atoms with van der Waals surface area (Å²) in [5, 5.41) is 9.60. The van der Waals surface area contributed by atoms with Crippen molar-refractivity contribution in [2.75, 3.05) is 7.11 Å². The first kappa shape index (κ1) is 17.1. The lowest BCUT2D eigenvalue weighted by Crippen LogP contribution is -1.90. The predicted octanol–water partition coefficient (Wildman–Crippen LogP) is 5.01. The Morgan fingerprint density at radius 2 is 1.60 bits per heavy atom. The molecule has 1 unspecified atom stereocenters. The summed E-state index contributed by atoms with van der Waals surface area (Å²) in [5.41, 5.74) is 2.31. The van der Waals surface area contributed by atoms with E-state index in [1.165, 1.54) is 0 Å². The van der Waals surface area contributed by atoms with Gasteiger partial charge in [0.1, 0.15) is 11.4 Å². The van der Waals surface area contributed by atoms with Gasteiger partial charge < -0.3 is 14.3 Å². The zero-order chi connectivity index (χ0) is 18.0. The van der Waals surface area contributed by atoms with Gasteiger partial charge in [-0.1, -0.05) is 24.3 Å². The van der Waals surface area contributed by atoms with Gasteiger partial charge in [0.2, 0.25) is 0 Å². The molecule has 3 rings (SSSR count). The van der Waals surface area contributed by atoms with Crippen LogP contribution >= 0.6 is 0 Å². The summed E-state index contributed by atoms with van der Waals surface area (Å²) in [6, 6.07) is 13.8. The lowest BCUT2D eigenvalue weighted by molar-refractivity contribution is 0.116. The lowest BCUT2D eigenvalue weighted by atomic mass is 10.0. The summed E-state index contributed by atoms with van der Waals surface area (Å²) in [4.78, 5) is 3.96. The summed E-state index contributed by atoms with van der Waals surface area (Å²) in [7, 11) is 1.55. The van der Waals surface area contributed by atoms with E-state index in [0.717, 1.165) is 5.56 Å². The molecule has 0 saturated heterocycles. The number of hydrogen-bond donors (Lipinski definition) is 1. The van der Waals surface area contributed by atoms with Crippen LogP contribution in [0.3, 0.4) is 0 Å². The number of aromatic nitrogens is 1. The van der Waals surface area contributed by atoms with Gasteiger partial charge in [0.15, 0.2) is 5.76 Å². The average molecular weight is 345 g/mol. The number of aliphatic hydroxyl groups excluding tert-OH is 1. The number of benzene rings is 2. The van der Waals surface area contributed by atoms with Crippen LogP contribution in [0, 0.1) is 0 Å². The highest BCUT2D eigenvalue weighted by Gasteiger charge is 2.22. The van der Waals surface area contributed by atoms with Crippen LogP contribution in [-0.4, -0.2) is 17.2 Å². The molecule has 0 aliphatic heterocycles. The maximum Gasteiger partial charge on any atom is 0.313 e. The molecule has 0 spiro atoms. The Labute approximate surface area is 143 Å². The van der Waals surface area contributed by atoms with Gasteiger partial charge in [-0.2, -0.15) is 8.78 Å². The van der Waals surface area contributed by atoms with Crippen LogP contribution in [0.4, 0.5) is 8.78 Å². The second-order valence-electron chi connectivity index (χ2n) is 5.56. The first-order valence-electron chi connectivity index (χ1n) is 7.71. The van der Waals surface area contributed by atoms with Crippen molar-refractivity contribution in [3.05, 3.63) is 60.0 Å². The van der Waals surface area contributed by atoms with Crippen molar-refractivity contribution < 1.29 is 23.0 Å². The summed E-state index contributed by atoms with van der Waals surface area (Å²) in [6.07, 6.45) is -3.41. The molecule has 6 heteroatoms. The molecule has 1 aromatic heterocycles. The highest BCUT2D eigenvalue weighted by atomic mass is 19.3. The second-order valence-corrected chi connectivity index (χ2v) is 5.56. The minimum absolute atomic E-state index is 0.262. The molecule has 1 atom stereocenters. The Hall–Kier alpha value is -2.73. The van der Waals surface area contributed by atoms with Crippen molar-refractivity contribution >= 4 is 0 Å². The van der Waals surface area contributed by atoms with Gasteiger partial charge in [0.25, 0.3) is 5.89 Å². The third kappa shape index (κ3) is 3.53. The highest BCUT2D eigenvalue weighted by molar-refractivity contribution is 5.77. The van der Waals surface area contributed by atoms with E-state index >= 15 is 0 Å². The zero-order valence-corrected chi connectivity index (χ0v) is 13.7. The van der Waals surface area contributed by atoms with E-state index in [9.17, 15) is 13.9 Å². The first-order chi connectivity index (χ1) is 12.0. The smallest absolute Gasteiger partial charge is 0.313 e. The molecule has 0 amide bonds. The van der Waals surface area contributed by atoms with E-state index in [4.69, 9.17) is 9.15 Å². The number of methoxy groups -OCH3 is 1. The minimum Gasteiger partial charge on any atom is -0.497 e. The molecule has 0 bridgehead atoms. The molecule has 1 N–H and O–H groups in total. The van der Waals surface area contributed by atoms with Gasteiger partial charge in [0, 0.05) is 11.1 Å². The average Bonchev–Trinajstić information content (AvgIpc) is 3.07. The fourth-order valence-corrected chi connectivity index (χ4v) is 2.48. The Morgan fingerprint density at radius 1 is 1.00 bits per heavy atom. The van der Waals surface area contributed by atoms with Crippen LogP contribution in [0.25, 0.3) is 22.6 Å². The minimum atomic E-state index is -2.80. The van der Waals surface area contributed by atoms with Gasteiger partial charge in [0.05, 0.1) is 13.2 Å². The molecule has 0 aliphatic carbocycles. The fourth-order valence-electron chi connectivity index (χ4n) is 2.48. The van der Waals surface area contributed by atoms with Crippen molar-refractivity contribution in [1.82, 2.24) is 4.98 Å². The maximum absolute atomic E-state index is 13.1. The summed E-state index contributed by atoms with van der Waals surface area (Å²) in [5.74, 6) is 0.294. The van der Waals surface area contributed by atoms with Crippen molar-refractivity contribution in [2.24, 2.45) is 0 Å². The van der Waals surface area contributed by atoms with Gasteiger partial charge >= 0.3 is 6.43 Å². The number of ether oxygens (including phenoxy) is 1. The maximum atomic E-state index is 13.1. The molecule has 1 heterocycles. The number of alkyl halides is 2. The summed E-state index contributed by atoms with van der Waals surface area (Å²) in [6.45, 7) is 1.65. The Kier molecular flexibility index (Phi) is 4.81. The highest BCUT2D eigenvalue weighted by Crippen LogP contribution is 2.36. The SMILES string of the molecule is COc1ccc(-c2nc(C(F)F)oc2-c2ccc(C(C)O)cc2)cc1. The zero-order valence-electron chi connectivity index (χ0n) is 13.7. The molecule has 2 aromatic carbocycles. The molecular formula is C19H17F2NO3. The van der Waals surface area contributed by atoms with Crippen LogP contribution < -0.4 is 4.74 Å². The van der Waals surface area contributed by atoms with Gasteiger partial charge in [-0.15, -0.1) is 0 Å². The Bertz CT molecular complexity index is 840. The van der Waals surface area contributed by atoms with Crippen molar-refractivity contribution in [3.63, 3.8) is 0 Å². The molecular weight excluding hydrogens is 328 g/mol. The lowest BCUT2D eigenvalue weighted by Gasteiger charge is -2.06. The van der Waals surface area contributed by atoms with Gasteiger partial charge in [-0.05, 0) is 36.8 Å². The third-order valence-electron chi connectivity index (χ3n) is 3.85. The predicted molar refractivity (Wildman–Crippen MR) is 89.5 cm³/mol. The standard InChI is InChI=1S/C19H17F2NO3/c1-11(23)12-3-5-14(6-4-12)17-16(22-19(25-17)18(20)21)13-7-9-15(24-2)10-8-13/h3-11,18,23H,1-2H3. The van der Waals surface area contributed by atoms with E-state index in [1.807, 2.05) is 0 Å². The van der Waals surface area contributed by atoms with Gasteiger partial charge in [-0.25, -0.2) is 4.98 Å². The van der Waals surface area contributed by atoms with Crippen molar-refractivity contribution in [2.45, 2.75) is 19.5 Å². The largest absolute Gasteiger partial charge is 0.497 e. The van der Waals surface area contributed by atoms with Crippen LogP contribution in [0.15, 0.2) is 52.9 Å². The Morgan fingerprint density at radius 3 is 2.12 bits per heavy atom. The monoisotopic (exact) mass is 345 g/mol. The topological polar surface area (TPSA) is 55.5 Å². The molecule has 130 valence electrons. The molecule has 4 nitrogen and oxygen atoms in total. The third-order valence-corrected chi connectivity index (χ3v) is 3.85. The van der Waals surface area contributed by atoms with E-state index in [-0.39, 0.29) is 5.76 Å². The van der Waals surface area contributed by atoms with E-state index in [1.54, 1.807) is 62.6 Å². The Balaban J connectivity index is 2.08. The summed E-state index contributed by atoms with van der Waals surface area (Å²) >= 11 is 0. The second kappa shape index (κ2) is 7.03. The van der Waals surface area contributed by atoms with Crippen molar-refractivity contribution in [3.8, 4) is 28.3 Å². The molecule has 25 heavy (non-hydrogen) atoms. The molecule has 0 radical (unpaired) electrons. The fraction of sp³-hybridized carbons (Fsp3) is 0.211. The van der Waals surface area contributed by atoms with E-state index in [2.05, 4.69) is 4.98 Å². The number of oxazole rings is 1. The van der Waals surface area contributed by atoms with E-state index < -0.39 is 18.4 Å².